The van der Waals surface area contributed by atoms with Gasteiger partial charge >= 0.3 is 5.97 Å². The van der Waals surface area contributed by atoms with Crippen LogP contribution in [0.25, 0.3) is 0 Å². The van der Waals surface area contributed by atoms with Gasteiger partial charge in [-0.25, -0.2) is 4.79 Å². The summed E-state index contributed by atoms with van der Waals surface area (Å²) in [4.78, 5) is 48.9. The third-order valence-electron chi connectivity index (χ3n) is 5.13. The van der Waals surface area contributed by atoms with Crippen molar-refractivity contribution in [2.45, 2.75) is 33.2 Å². The summed E-state index contributed by atoms with van der Waals surface area (Å²) in [6.45, 7) is 5.70. The smallest absolute Gasteiger partial charge is 0.356 e. The molecule has 0 fully saturated rings. The molecular weight excluding hydrogens is 384 g/mol. The normalized spacial score (nSPS) is 16.3. The number of benzene rings is 1. The number of nitrogens with two attached hydrogens (primary N) is 1. The van der Waals surface area contributed by atoms with Gasteiger partial charge in [0.25, 0.3) is 5.91 Å². The van der Waals surface area contributed by atoms with Crippen LogP contribution in [0.5, 0.6) is 0 Å². The Morgan fingerprint density at radius 3 is 2.47 bits per heavy atom. The molecule has 2 N–H and O–H groups in total. The molecule has 1 aliphatic rings. The first-order valence-electron chi connectivity index (χ1n) is 9.58. The van der Waals surface area contributed by atoms with Gasteiger partial charge in [0.2, 0.25) is 5.91 Å². The number of nitrogens with zero attached hydrogens (tertiary/aromatic N) is 3. The molecule has 0 saturated carbocycles. The number of likely N-dealkylation sites (N-methyl/N-ethyl adjacent to an activating group) is 1. The number of pyridine rings is 1. The first-order chi connectivity index (χ1) is 14.4. The molecule has 1 aromatic heterocycles. The van der Waals surface area contributed by atoms with Crippen LogP contribution in [-0.4, -0.2) is 39.1 Å². The number of rotatable bonds is 5. The third kappa shape index (κ3) is 4.08. The lowest BCUT2D eigenvalue weighted by Crippen LogP contribution is -2.48. The molecule has 0 aliphatic carbocycles. The minimum absolute atomic E-state index is 0.173. The molecule has 8 nitrogen and oxygen atoms in total. The first kappa shape index (κ1) is 21.2. The molecule has 3 rings (SSSR count). The van der Waals surface area contributed by atoms with Crippen molar-refractivity contribution in [2.75, 3.05) is 6.54 Å². The summed E-state index contributed by atoms with van der Waals surface area (Å²) in [7, 11) is 0. The maximum atomic E-state index is 13.2. The molecule has 8 heteroatoms. The SMILES string of the molecule is CCN1C=C(Cc2ccc(C(=O)ON)cc2)N(C(C)=O)C(c2cnccc2C)C1=O. The van der Waals surface area contributed by atoms with E-state index in [2.05, 4.69) is 9.82 Å². The standard InChI is InChI=1S/C22H24N4O4/c1-4-25-13-18(11-16-5-7-17(8-6-16)22(29)30-23)26(15(3)27)20(21(25)28)19-12-24-10-9-14(19)2/h5-10,12-13,20H,4,11,23H2,1-3H3. The molecule has 0 spiro atoms. The largest absolute Gasteiger partial charge is 0.370 e. The zero-order chi connectivity index (χ0) is 21.8. The van der Waals surface area contributed by atoms with Gasteiger partial charge in [-0.2, -0.15) is 5.90 Å². The predicted octanol–water partition coefficient (Wildman–Crippen LogP) is 2.26. The molecule has 2 heterocycles. The van der Waals surface area contributed by atoms with E-state index in [9.17, 15) is 14.4 Å². The predicted molar refractivity (Wildman–Crippen MR) is 109 cm³/mol. The summed E-state index contributed by atoms with van der Waals surface area (Å²) < 4.78 is 0. The molecular formula is C22H24N4O4. The number of aryl methyl sites for hydroxylation is 1. The molecule has 1 atom stereocenters. The fourth-order valence-electron chi connectivity index (χ4n) is 3.57. The number of hydrogen-bond acceptors (Lipinski definition) is 6. The molecule has 0 saturated heterocycles. The van der Waals surface area contributed by atoms with Gasteiger partial charge in [0, 0.05) is 49.7 Å². The number of carbonyl (C=O) groups excluding carboxylic acids is 3. The van der Waals surface area contributed by atoms with Gasteiger partial charge < -0.3 is 9.74 Å². The second kappa shape index (κ2) is 8.87. The van der Waals surface area contributed by atoms with Crippen molar-refractivity contribution >= 4 is 17.8 Å². The van der Waals surface area contributed by atoms with Crippen LogP contribution in [0.4, 0.5) is 0 Å². The van der Waals surface area contributed by atoms with Crippen molar-refractivity contribution < 1.29 is 19.2 Å². The highest BCUT2D eigenvalue weighted by Crippen LogP contribution is 2.34. The van der Waals surface area contributed by atoms with E-state index in [4.69, 9.17) is 5.90 Å². The monoisotopic (exact) mass is 408 g/mol. The van der Waals surface area contributed by atoms with Crippen LogP contribution in [0, 0.1) is 6.92 Å². The summed E-state index contributed by atoms with van der Waals surface area (Å²) >= 11 is 0. The number of hydrogen-bond donors (Lipinski definition) is 1. The fraction of sp³-hybridized carbons (Fsp3) is 0.273. The highest BCUT2D eigenvalue weighted by molar-refractivity contribution is 5.91. The summed E-state index contributed by atoms with van der Waals surface area (Å²) in [5.41, 5.74) is 3.47. The van der Waals surface area contributed by atoms with Crippen molar-refractivity contribution in [3.63, 3.8) is 0 Å². The lowest BCUT2D eigenvalue weighted by molar-refractivity contribution is -0.143. The third-order valence-corrected chi connectivity index (χ3v) is 5.13. The molecule has 156 valence electrons. The zero-order valence-electron chi connectivity index (χ0n) is 17.2. The van der Waals surface area contributed by atoms with Crippen LogP contribution in [0.2, 0.25) is 0 Å². The van der Waals surface area contributed by atoms with E-state index in [-0.39, 0.29) is 11.8 Å². The maximum absolute atomic E-state index is 13.2. The van der Waals surface area contributed by atoms with E-state index in [1.165, 1.54) is 11.8 Å². The lowest BCUT2D eigenvalue weighted by atomic mass is 9.96. The van der Waals surface area contributed by atoms with Crippen LogP contribution in [0.3, 0.4) is 0 Å². The van der Waals surface area contributed by atoms with Crippen molar-refractivity contribution in [1.29, 1.82) is 0 Å². The van der Waals surface area contributed by atoms with Gasteiger partial charge in [0.1, 0.15) is 6.04 Å². The second-order valence-corrected chi connectivity index (χ2v) is 7.05. The molecule has 2 amide bonds. The van der Waals surface area contributed by atoms with E-state index in [0.717, 1.165) is 11.1 Å². The van der Waals surface area contributed by atoms with E-state index < -0.39 is 12.0 Å². The Morgan fingerprint density at radius 2 is 1.90 bits per heavy atom. The Morgan fingerprint density at radius 1 is 1.20 bits per heavy atom. The summed E-state index contributed by atoms with van der Waals surface area (Å²) in [5.74, 6) is 3.89. The molecule has 0 radical (unpaired) electrons. The molecule has 2 aromatic rings. The maximum Gasteiger partial charge on any atom is 0.356 e. The second-order valence-electron chi connectivity index (χ2n) is 7.05. The van der Waals surface area contributed by atoms with Crippen molar-refractivity contribution in [3.05, 3.63) is 76.9 Å². The molecule has 1 aliphatic heterocycles. The van der Waals surface area contributed by atoms with Gasteiger partial charge in [-0.1, -0.05) is 12.1 Å². The van der Waals surface area contributed by atoms with E-state index in [0.29, 0.717) is 29.8 Å². The van der Waals surface area contributed by atoms with E-state index >= 15 is 0 Å². The lowest BCUT2D eigenvalue weighted by Gasteiger charge is -2.40. The first-order valence-corrected chi connectivity index (χ1v) is 9.58. The number of allylic oxidation sites excluding steroid dienone is 1. The zero-order valence-corrected chi connectivity index (χ0v) is 17.2. The van der Waals surface area contributed by atoms with Gasteiger partial charge in [-0.3, -0.25) is 19.5 Å². The summed E-state index contributed by atoms with van der Waals surface area (Å²) in [5, 5.41) is 0. The van der Waals surface area contributed by atoms with Crippen LogP contribution in [-0.2, 0) is 20.8 Å². The minimum atomic E-state index is -0.775. The fourth-order valence-corrected chi connectivity index (χ4v) is 3.57. The topological polar surface area (TPSA) is 106 Å². The van der Waals surface area contributed by atoms with Crippen LogP contribution in [0.15, 0.2) is 54.6 Å². The molecule has 30 heavy (non-hydrogen) atoms. The molecule has 1 unspecified atom stereocenters. The van der Waals surface area contributed by atoms with E-state index in [1.54, 1.807) is 47.8 Å². The van der Waals surface area contributed by atoms with Crippen molar-refractivity contribution in [3.8, 4) is 0 Å². The minimum Gasteiger partial charge on any atom is -0.370 e. The van der Waals surface area contributed by atoms with Gasteiger partial charge in [0.05, 0.1) is 5.56 Å². The van der Waals surface area contributed by atoms with Gasteiger partial charge in [-0.05, 0) is 43.2 Å². The Hall–Kier alpha value is -3.52. The molecule has 0 bridgehead atoms. The Kier molecular flexibility index (Phi) is 6.27. The number of aromatic nitrogens is 1. The highest BCUT2D eigenvalue weighted by atomic mass is 16.7. The van der Waals surface area contributed by atoms with E-state index in [1.807, 2.05) is 19.9 Å². The molecule has 1 aromatic carbocycles. The van der Waals surface area contributed by atoms with Gasteiger partial charge in [-0.15, -0.1) is 0 Å². The average Bonchev–Trinajstić information content (AvgIpc) is 2.74. The van der Waals surface area contributed by atoms with Crippen LogP contribution >= 0.6 is 0 Å². The Labute approximate surface area is 174 Å². The van der Waals surface area contributed by atoms with Crippen molar-refractivity contribution in [2.24, 2.45) is 5.90 Å². The average molecular weight is 408 g/mol. The Bertz CT molecular complexity index is 1000. The summed E-state index contributed by atoms with van der Waals surface area (Å²) in [6, 6.07) is 7.80. The highest BCUT2D eigenvalue weighted by Gasteiger charge is 2.39. The van der Waals surface area contributed by atoms with Crippen LogP contribution < -0.4 is 5.90 Å². The quantitative estimate of drug-likeness (QED) is 0.761. The van der Waals surface area contributed by atoms with Gasteiger partial charge in [0.15, 0.2) is 0 Å². The van der Waals surface area contributed by atoms with Crippen LogP contribution in [0.1, 0.15) is 46.9 Å². The van der Waals surface area contributed by atoms with Crippen molar-refractivity contribution in [1.82, 2.24) is 14.8 Å². The number of amides is 2. The number of carbonyl (C=O) groups is 3. The summed E-state index contributed by atoms with van der Waals surface area (Å²) in [6.07, 6.45) is 5.41. The Balaban J connectivity index is 2.01.